The van der Waals surface area contributed by atoms with Gasteiger partial charge in [0.05, 0.1) is 11.5 Å². The Morgan fingerprint density at radius 3 is 2.88 bits per heavy atom. The average Bonchev–Trinajstić information content (AvgIpc) is 2.61. The zero-order valence-electron chi connectivity index (χ0n) is 14.2. The summed E-state index contributed by atoms with van der Waals surface area (Å²) in [5.74, 6) is -0.304. The second kappa shape index (κ2) is 7.19. The highest BCUT2D eigenvalue weighted by Gasteiger charge is 2.38. The number of alkyl halides is 3. The summed E-state index contributed by atoms with van der Waals surface area (Å²) in [4.78, 5) is 20.3. The maximum absolute atomic E-state index is 13.3. The lowest BCUT2D eigenvalue weighted by Gasteiger charge is -2.40. The maximum atomic E-state index is 13.3. The number of piperidine rings is 1. The van der Waals surface area contributed by atoms with Gasteiger partial charge in [0.1, 0.15) is 5.82 Å². The third kappa shape index (κ3) is 3.89. The van der Waals surface area contributed by atoms with Gasteiger partial charge in [0.2, 0.25) is 5.91 Å². The van der Waals surface area contributed by atoms with Crippen molar-refractivity contribution in [2.75, 3.05) is 37.6 Å². The Kier molecular flexibility index (Phi) is 5.17. The number of hydrogen-bond donors (Lipinski definition) is 1. The molecule has 0 aliphatic carbocycles. The molecule has 2 saturated heterocycles. The van der Waals surface area contributed by atoms with Gasteiger partial charge in [0, 0.05) is 45.0 Å². The van der Waals surface area contributed by atoms with Gasteiger partial charge in [-0.3, -0.25) is 4.79 Å². The molecule has 1 aromatic rings. The van der Waals surface area contributed by atoms with E-state index in [1.54, 1.807) is 4.90 Å². The van der Waals surface area contributed by atoms with Crippen LogP contribution in [0.5, 0.6) is 0 Å². The van der Waals surface area contributed by atoms with E-state index in [0.717, 1.165) is 19.2 Å². The van der Waals surface area contributed by atoms with Crippen LogP contribution >= 0.6 is 0 Å². The fourth-order valence-electron chi connectivity index (χ4n) is 3.64. The number of carbonyl (C=O) groups is 1. The second-order valence-corrected chi connectivity index (χ2v) is 6.74. The van der Waals surface area contributed by atoms with Crippen LogP contribution in [-0.4, -0.2) is 54.6 Å². The van der Waals surface area contributed by atoms with Crippen molar-refractivity contribution in [2.45, 2.75) is 32.0 Å². The van der Waals surface area contributed by atoms with Crippen LogP contribution in [0.1, 0.15) is 25.3 Å². The molecule has 8 heteroatoms. The van der Waals surface area contributed by atoms with Crippen molar-refractivity contribution in [2.24, 2.45) is 5.92 Å². The molecular weight excluding hydrogens is 333 g/mol. The Balaban J connectivity index is 1.77. The number of amides is 1. The van der Waals surface area contributed by atoms with Crippen molar-refractivity contribution in [1.29, 1.82) is 0 Å². The Labute approximate surface area is 145 Å². The molecule has 1 N–H and O–H groups in total. The zero-order chi connectivity index (χ0) is 18.0. The largest absolute Gasteiger partial charge is 0.419 e. The van der Waals surface area contributed by atoms with Crippen LogP contribution in [0.25, 0.3) is 0 Å². The minimum atomic E-state index is -4.45. The van der Waals surface area contributed by atoms with E-state index in [1.807, 2.05) is 11.8 Å². The van der Waals surface area contributed by atoms with Crippen LogP contribution in [0.2, 0.25) is 0 Å². The molecular formula is C17H23F3N4O. The lowest BCUT2D eigenvalue weighted by molar-refractivity contribution is -0.138. The highest BCUT2D eigenvalue weighted by atomic mass is 19.4. The SMILES string of the molecule is C[C@H]1CNCCN1C(=O)C1CCCN(c2ncccc2C(F)(F)F)C1. The molecule has 3 heterocycles. The molecule has 2 aliphatic heterocycles. The Morgan fingerprint density at radius 1 is 1.36 bits per heavy atom. The van der Waals surface area contributed by atoms with Crippen LogP contribution in [0.3, 0.4) is 0 Å². The van der Waals surface area contributed by atoms with Gasteiger partial charge in [-0.15, -0.1) is 0 Å². The number of hydrogen-bond acceptors (Lipinski definition) is 4. The predicted molar refractivity (Wildman–Crippen MR) is 88.2 cm³/mol. The summed E-state index contributed by atoms with van der Waals surface area (Å²) in [6.07, 6.45) is -1.69. The molecule has 3 rings (SSSR count). The molecule has 0 bridgehead atoms. The molecule has 1 amide bonds. The van der Waals surface area contributed by atoms with Gasteiger partial charge >= 0.3 is 6.18 Å². The number of piperazine rings is 1. The van der Waals surface area contributed by atoms with Gasteiger partial charge in [0.25, 0.3) is 0 Å². The number of nitrogens with zero attached hydrogens (tertiary/aromatic N) is 3. The van der Waals surface area contributed by atoms with E-state index in [4.69, 9.17) is 0 Å². The van der Waals surface area contributed by atoms with E-state index in [9.17, 15) is 18.0 Å². The van der Waals surface area contributed by atoms with E-state index < -0.39 is 11.7 Å². The van der Waals surface area contributed by atoms with E-state index in [0.29, 0.717) is 25.9 Å². The Morgan fingerprint density at radius 2 is 2.16 bits per heavy atom. The fourth-order valence-corrected chi connectivity index (χ4v) is 3.64. The first-order valence-corrected chi connectivity index (χ1v) is 8.66. The van der Waals surface area contributed by atoms with Gasteiger partial charge in [-0.25, -0.2) is 4.98 Å². The lowest BCUT2D eigenvalue weighted by atomic mass is 9.95. The minimum Gasteiger partial charge on any atom is -0.355 e. The summed E-state index contributed by atoms with van der Waals surface area (Å²) >= 11 is 0. The monoisotopic (exact) mass is 356 g/mol. The fraction of sp³-hybridized carbons (Fsp3) is 0.647. The first-order valence-electron chi connectivity index (χ1n) is 8.66. The lowest BCUT2D eigenvalue weighted by Crippen LogP contribution is -2.55. The Hall–Kier alpha value is -1.83. The van der Waals surface area contributed by atoms with Gasteiger partial charge in [0.15, 0.2) is 0 Å². The normalized spacial score (nSPS) is 25.1. The smallest absolute Gasteiger partial charge is 0.355 e. The number of rotatable bonds is 2. The molecule has 0 spiro atoms. The quantitative estimate of drug-likeness (QED) is 0.882. The average molecular weight is 356 g/mol. The number of pyridine rings is 1. The third-order valence-electron chi connectivity index (χ3n) is 4.95. The van der Waals surface area contributed by atoms with Crippen molar-refractivity contribution in [1.82, 2.24) is 15.2 Å². The second-order valence-electron chi connectivity index (χ2n) is 6.74. The Bertz CT molecular complexity index is 622. The predicted octanol–water partition coefficient (Wildman–Crippen LogP) is 2.14. The van der Waals surface area contributed by atoms with Crippen molar-refractivity contribution in [3.63, 3.8) is 0 Å². The van der Waals surface area contributed by atoms with E-state index >= 15 is 0 Å². The third-order valence-corrected chi connectivity index (χ3v) is 4.95. The van der Waals surface area contributed by atoms with Crippen LogP contribution in [-0.2, 0) is 11.0 Å². The van der Waals surface area contributed by atoms with Crippen LogP contribution in [0.4, 0.5) is 19.0 Å². The number of nitrogens with one attached hydrogen (secondary N) is 1. The topological polar surface area (TPSA) is 48.5 Å². The summed E-state index contributed by atoms with van der Waals surface area (Å²) in [5, 5.41) is 3.24. The summed E-state index contributed by atoms with van der Waals surface area (Å²) in [5.41, 5.74) is -0.737. The van der Waals surface area contributed by atoms with Gasteiger partial charge in [-0.1, -0.05) is 0 Å². The molecule has 0 saturated carbocycles. The number of anilines is 1. The highest BCUT2D eigenvalue weighted by Crippen LogP contribution is 2.36. The number of carbonyl (C=O) groups excluding carboxylic acids is 1. The standard InChI is InChI=1S/C17H23F3N4O/c1-12-10-21-7-9-24(12)16(25)13-4-3-8-23(11-13)15-14(17(18,19)20)5-2-6-22-15/h2,5-6,12-13,21H,3-4,7-11H2,1H3/t12-,13?/m0/s1. The highest BCUT2D eigenvalue weighted by molar-refractivity contribution is 5.80. The van der Waals surface area contributed by atoms with E-state index in [-0.39, 0.29) is 30.2 Å². The van der Waals surface area contributed by atoms with Crippen molar-refractivity contribution >= 4 is 11.7 Å². The molecule has 0 radical (unpaired) electrons. The van der Waals surface area contributed by atoms with Gasteiger partial charge in [-0.2, -0.15) is 13.2 Å². The van der Waals surface area contributed by atoms with E-state index in [1.165, 1.54) is 12.3 Å². The van der Waals surface area contributed by atoms with Crippen molar-refractivity contribution in [3.8, 4) is 0 Å². The molecule has 5 nitrogen and oxygen atoms in total. The summed E-state index contributed by atoms with van der Waals surface area (Å²) in [7, 11) is 0. The molecule has 1 aromatic heterocycles. The molecule has 1 unspecified atom stereocenters. The molecule has 2 aliphatic rings. The number of halogens is 3. The van der Waals surface area contributed by atoms with Crippen molar-refractivity contribution in [3.05, 3.63) is 23.9 Å². The molecule has 2 fully saturated rings. The summed E-state index contributed by atoms with van der Waals surface area (Å²) in [6, 6.07) is 2.45. The van der Waals surface area contributed by atoms with Gasteiger partial charge < -0.3 is 15.1 Å². The minimum absolute atomic E-state index is 0.0446. The summed E-state index contributed by atoms with van der Waals surface area (Å²) in [6.45, 7) is 4.92. The molecule has 138 valence electrons. The number of aromatic nitrogens is 1. The molecule has 25 heavy (non-hydrogen) atoms. The van der Waals surface area contributed by atoms with E-state index in [2.05, 4.69) is 10.3 Å². The summed E-state index contributed by atoms with van der Waals surface area (Å²) < 4.78 is 39.8. The first-order chi connectivity index (χ1) is 11.9. The molecule has 0 aromatic carbocycles. The molecule has 2 atom stereocenters. The van der Waals surface area contributed by atoms with Gasteiger partial charge in [-0.05, 0) is 31.9 Å². The maximum Gasteiger partial charge on any atom is 0.419 e. The van der Waals surface area contributed by atoms with Crippen LogP contribution in [0.15, 0.2) is 18.3 Å². The first kappa shape index (κ1) is 18.0. The zero-order valence-corrected chi connectivity index (χ0v) is 14.2. The van der Waals surface area contributed by atoms with Crippen molar-refractivity contribution < 1.29 is 18.0 Å². The van der Waals surface area contributed by atoms with Crippen LogP contribution in [0, 0.1) is 5.92 Å². The van der Waals surface area contributed by atoms with Crippen LogP contribution < -0.4 is 10.2 Å².